The quantitative estimate of drug-likeness (QED) is 0.474. The minimum atomic E-state index is -0.951. The monoisotopic (exact) mass is 439 g/mol. The van der Waals surface area contributed by atoms with E-state index < -0.39 is 23.2 Å². The molecule has 1 saturated heterocycles. The number of carbonyl (C=O) groups excluding carboxylic acids is 3. The molecule has 0 bridgehead atoms. The molecule has 0 saturated carbocycles. The van der Waals surface area contributed by atoms with E-state index in [1.165, 1.54) is 25.4 Å². The zero-order valence-corrected chi connectivity index (χ0v) is 17.5. The molecule has 0 unspecified atom stereocenters. The number of amides is 2. The van der Waals surface area contributed by atoms with Crippen LogP contribution in [0.2, 0.25) is 5.02 Å². The van der Waals surface area contributed by atoms with Crippen molar-refractivity contribution in [2.24, 2.45) is 0 Å². The molecule has 27 heavy (non-hydrogen) atoms. The lowest BCUT2D eigenvalue weighted by Gasteiger charge is -2.18. The Morgan fingerprint density at radius 3 is 2.59 bits per heavy atom. The standard InChI is InChI=1S/C18H14ClNO4S3/c1-10(17(22)24-2)20-16(21)14(27-18(20)23)9-13-7-8-15(26-13)25-12-5-3-11(19)4-6-12/h3-10H,1-2H3/b14-9+/t10-/m1/s1. The first-order chi connectivity index (χ1) is 12.9. The maximum absolute atomic E-state index is 12.5. The van der Waals surface area contributed by atoms with E-state index in [4.69, 9.17) is 11.6 Å². The van der Waals surface area contributed by atoms with Crippen molar-refractivity contribution in [3.63, 3.8) is 0 Å². The molecule has 0 radical (unpaired) electrons. The van der Waals surface area contributed by atoms with E-state index >= 15 is 0 Å². The van der Waals surface area contributed by atoms with Crippen LogP contribution in [0.1, 0.15) is 11.8 Å². The third-order valence-corrected chi connectivity index (χ3v) is 6.97. The van der Waals surface area contributed by atoms with Crippen LogP contribution in [0.3, 0.4) is 0 Å². The molecule has 1 fully saturated rings. The lowest BCUT2D eigenvalue weighted by atomic mass is 10.3. The van der Waals surface area contributed by atoms with E-state index in [9.17, 15) is 14.4 Å². The molecule has 5 nitrogen and oxygen atoms in total. The smallest absolute Gasteiger partial charge is 0.328 e. The minimum absolute atomic E-state index is 0.292. The van der Waals surface area contributed by atoms with Crippen LogP contribution >= 0.6 is 46.5 Å². The summed E-state index contributed by atoms with van der Waals surface area (Å²) >= 11 is 9.81. The van der Waals surface area contributed by atoms with Gasteiger partial charge in [0.1, 0.15) is 6.04 Å². The highest BCUT2D eigenvalue weighted by Gasteiger charge is 2.41. The average molecular weight is 440 g/mol. The van der Waals surface area contributed by atoms with Gasteiger partial charge in [0.2, 0.25) is 0 Å². The number of thioether (sulfide) groups is 1. The van der Waals surface area contributed by atoms with Crippen molar-refractivity contribution < 1.29 is 19.1 Å². The second-order valence-electron chi connectivity index (χ2n) is 5.46. The molecule has 1 aliphatic rings. The number of rotatable bonds is 5. The van der Waals surface area contributed by atoms with Gasteiger partial charge in [0.05, 0.1) is 16.2 Å². The van der Waals surface area contributed by atoms with Gasteiger partial charge in [-0.1, -0.05) is 23.4 Å². The molecule has 0 spiro atoms. The Balaban J connectivity index is 1.74. The molecule has 1 atom stereocenters. The molecule has 1 aromatic carbocycles. The molecule has 0 aliphatic carbocycles. The van der Waals surface area contributed by atoms with Crippen LogP contribution in [-0.2, 0) is 14.3 Å². The van der Waals surface area contributed by atoms with Crippen molar-refractivity contribution in [2.75, 3.05) is 7.11 Å². The Bertz CT molecular complexity index is 923. The third-order valence-electron chi connectivity index (χ3n) is 3.66. The number of thiophene rings is 1. The first-order valence-electron chi connectivity index (χ1n) is 7.77. The Morgan fingerprint density at radius 1 is 1.22 bits per heavy atom. The van der Waals surface area contributed by atoms with Gasteiger partial charge in [0.25, 0.3) is 11.1 Å². The van der Waals surface area contributed by atoms with Crippen LogP contribution in [0, 0.1) is 0 Å². The second kappa shape index (κ2) is 8.52. The SMILES string of the molecule is COC(=O)[C@@H](C)N1C(=O)S/C(=C/c2ccc(Sc3ccc(Cl)cc3)s2)C1=O. The van der Waals surface area contributed by atoms with Gasteiger partial charge in [-0.3, -0.25) is 14.5 Å². The lowest BCUT2D eigenvalue weighted by Crippen LogP contribution is -2.42. The number of benzene rings is 1. The number of imide groups is 1. The van der Waals surface area contributed by atoms with Gasteiger partial charge in [0.15, 0.2) is 0 Å². The van der Waals surface area contributed by atoms with Crippen molar-refractivity contribution in [3.8, 4) is 0 Å². The van der Waals surface area contributed by atoms with E-state index in [1.807, 2.05) is 36.4 Å². The minimum Gasteiger partial charge on any atom is -0.467 e. The Labute approximate surface area is 173 Å². The van der Waals surface area contributed by atoms with Gasteiger partial charge in [-0.05, 0) is 61.2 Å². The Hall–Kier alpha value is -1.74. The number of nitrogens with zero attached hydrogens (tertiary/aromatic N) is 1. The predicted octanol–water partition coefficient (Wildman–Crippen LogP) is 5.15. The molecule has 1 aromatic heterocycles. The Morgan fingerprint density at radius 2 is 1.93 bits per heavy atom. The molecule has 2 amide bonds. The van der Waals surface area contributed by atoms with Crippen molar-refractivity contribution in [1.29, 1.82) is 0 Å². The summed E-state index contributed by atoms with van der Waals surface area (Å²) in [5, 5.41) is 0.208. The van der Waals surface area contributed by atoms with Gasteiger partial charge in [-0.15, -0.1) is 11.3 Å². The van der Waals surface area contributed by atoms with Crippen LogP contribution in [-0.4, -0.2) is 35.2 Å². The van der Waals surface area contributed by atoms with E-state index in [0.29, 0.717) is 9.93 Å². The second-order valence-corrected chi connectivity index (χ2v) is 9.38. The average Bonchev–Trinajstić information content (AvgIpc) is 3.20. The summed E-state index contributed by atoms with van der Waals surface area (Å²) < 4.78 is 5.67. The van der Waals surface area contributed by atoms with Crippen LogP contribution in [0.25, 0.3) is 6.08 Å². The summed E-state index contributed by atoms with van der Waals surface area (Å²) in [5.41, 5.74) is 0. The zero-order chi connectivity index (χ0) is 19.6. The van der Waals surface area contributed by atoms with E-state index in [0.717, 1.165) is 30.6 Å². The summed E-state index contributed by atoms with van der Waals surface area (Å²) in [7, 11) is 1.22. The maximum atomic E-state index is 12.5. The number of hydrogen-bond donors (Lipinski definition) is 0. The van der Waals surface area contributed by atoms with Crippen molar-refractivity contribution >= 4 is 69.7 Å². The van der Waals surface area contributed by atoms with Gasteiger partial charge in [0, 0.05) is 14.8 Å². The normalized spacial score (nSPS) is 16.9. The highest BCUT2D eigenvalue weighted by atomic mass is 35.5. The summed E-state index contributed by atoms with van der Waals surface area (Å²) in [6, 6.07) is 10.4. The molecule has 2 aromatic rings. The lowest BCUT2D eigenvalue weighted by molar-refractivity contribution is -0.148. The van der Waals surface area contributed by atoms with E-state index in [-0.39, 0.29) is 0 Å². The molecule has 2 heterocycles. The van der Waals surface area contributed by atoms with Gasteiger partial charge < -0.3 is 4.74 Å². The third kappa shape index (κ3) is 4.57. The van der Waals surface area contributed by atoms with E-state index in [2.05, 4.69) is 4.74 Å². The fourth-order valence-corrected chi connectivity index (χ4v) is 5.47. The number of carbonyl (C=O) groups is 3. The number of ether oxygens (including phenoxy) is 1. The fourth-order valence-electron chi connectivity index (χ4n) is 2.30. The molecule has 140 valence electrons. The summed E-state index contributed by atoms with van der Waals surface area (Å²) in [6.07, 6.45) is 1.67. The first kappa shape index (κ1) is 20.0. The number of halogens is 1. The molecular formula is C18H14ClNO4S3. The molecule has 0 N–H and O–H groups in total. The zero-order valence-electron chi connectivity index (χ0n) is 14.3. The molecular weight excluding hydrogens is 426 g/mol. The van der Waals surface area contributed by atoms with Crippen LogP contribution in [0.15, 0.2) is 50.4 Å². The van der Waals surface area contributed by atoms with Crippen LogP contribution < -0.4 is 0 Å². The highest BCUT2D eigenvalue weighted by molar-refractivity contribution is 8.18. The number of hydrogen-bond acceptors (Lipinski definition) is 7. The molecule has 9 heteroatoms. The maximum Gasteiger partial charge on any atom is 0.328 e. The van der Waals surface area contributed by atoms with Gasteiger partial charge in [-0.25, -0.2) is 4.79 Å². The fraction of sp³-hybridized carbons (Fsp3) is 0.167. The first-order valence-corrected chi connectivity index (χ1v) is 10.6. The summed E-state index contributed by atoms with van der Waals surface area (Å²) in [6.45, 7) is 1.47. The highest BCUT2D eigenvalue weighted by Crippen LogP contribution is 2.38. The van der Waals surface area contributed by atoms with E-state index in [1.54, 1.807) is 17.8 Å². The van der Waals surface area contributed by atoms with Crippen LogP contribution in [0.5, 0.6) is 0 Å². The number of methoxy groups -OCH3 is 1. The number of esters is 1. The summed E-state index contributed by atoms with van der Waals surface area (Å²) in [4.78, 5) is 39.4. The van der Waals surface area contributed by atoms with Crippen molar-refractivity contribution in [2.45, 2.75) is 22.1 Å². The molecule has 3 rings (SSSR count). The largest absolute Gasteiger partial charge is 0.467 e. The summed E-state index contributed by atoms with van der Waals surface area (Å²) in [5.74, 6) is -1.11. The van der Waals surface area contributed by atoms with Crippen molar-refractivity contribution in [1.82, 2.24) is 4.90 Å². The predicted molar refractivity (Wildman–Crippen MR) is 109 cm³/mol. The topological polar surface area (TPSA) is 63.7 Å². The van der Waals surface area contributed by atoms with Gasteiger partial charge in [-0.2, -0.15) is 0 Å². The van der Waals surface area contributed by atoms with Crippen molar-refractivity contribution in [3.05, 3.63) is 51.2 Å². The van der Waals surface area contributed by atoms with Gasteiger partial charge >= 0.3 is 5.97 Å². The van der Waals surface area contributed by atoms with Crippen LogP contribution in [0.4, 0.5) is 4.79 Å². The molecule has 1 aliphatic heterocycles. The Kier molecular flexibility index (Phi) is 6.31.